The minimum Gasteiger partial charge on any atom is -0.423 e. The minimum atomic E-state index is -0.661. The van der Waals surface area contributed by atoms with Gasteiger partial charge in [-0.25, -0.2) is 4.79 Å². The van der Waals surface area contributed by atoms with Crippen molar-refractivity contribution in [2.75, 3.05) is 0 Å². The number of halogens is 1. The van der Waals surface area contributed by atoms with Gasteiger partial charge in [0.15, 0.2) is 0 Å². The molecule has 6 heteroatoms. The Balaban J connectivity index is 2.22. The van der Waals surface area contributed by atoms with E-state index in [9.17, 15) is 14.9 Å². The molecule has 96 valence electrons. The maximum atomic E-state index is 11.8. The van der Waals surface area contributed by atoms with Crippen LogP contribution >= 0.6 is 11.6 Å². The maximum Gasteiger partial charge on any atom is 0.345 e. The van der Waals surface area contributed by atoms with Gasteiger partial charge in [0.2, 0.25) is 0 Å². The summed E-state index contributed by atoms with van der Waals surface area (Å²) in [6, 6.07) is 11.8. The zero-order valence-electron chi connectivity index (χ0n) is 9.58. The van der Waals surface area contributed by atoms with Crippen molar-refractivity contribution in [2.45, 2.75) is 0 Å². The molecule has 0 spiro atoms. The van der Waals surface area contributed by atoms with E-state index in [4.69, 9.17) is 16.3 Å². The highest BCUT2D eigenvalue weighted by atomic mass is 35.5. The molecule has 0 N–H and O–H groups in total. The van der Waals surface area contributed by atoms with Crippen LogP contribution < -0.4 is 4.74 Å². The van der Waals surface area contributed by atoms with E-state index in [0.29, 0.717) is 0 Å². The molecule has 2 aromatic rings. The van der Waals surface area contributed by atoms with Crippen LogP contribution in [0.4, 0.5) is 5.69 Å². The summed E-state index contributed by atoms with van der Waals surface area (Å²) in [7, 11) is 0. The van der Waals surface area contributed by atoms with Gasteiger partial charge in [-0.05, 0) is 18.2 Å². The molecule has 0 unspecified atom stereocenters. The summed E-state index contributed by atoms with van der Waals surface area (Å²) < 4.78 is 5.04. The number of hydrogen-bond donors (Lipinski definition) is 0. The Hall–Kier alpha value is -2.40. The lowest BCUT2D eigenvalue weighted by atomic mass is 10.2. The largest absolute Gasteiger partial charge is 0.423 e. The SMILES string of the molecule is O=C(Oc1cccc([N+](=O)[O-])c1)c1ccccc1Cl. The molecule has 0 radical (unpaired) electrons. The lowest BCUT2D eigenvalue weighted by Gasteiger charge is -2.05. The molecule has 0 saturated heterocycles. The molecule has 0 amide bonds. The van der Waals surface area contributed by atoms with E-state index in [-0.39, 0.29) is 22.0 Å². The second kappa shape index (κ2) is 5.49. The molecular formula is C13H8ClNO4. The number of esters is 1. The third-order valence-electron chi connectivity index (χ3n) is 2.33. The minimum absolute atomic E-state index is 0.0964. The number of carbonyl (C=O) groups is 1. The predicted octanol–water partition coefficient (Wildman–Crippen LogP) is 3.47. The molecule has 2 rings (SSSR count). The number of ether oxygens (including phenoxy) is 1. The van der Waals surface area contributed by atoms with Gasteiger partial charge in [-0.1, -0.05) is 29.8 Å². The summed E-state index contributed by atoms with van der Waals surface area (Å²) in [5.41, 5.74) is 0.0557. The molecule has 5 nitrogen and oxygen atoms in total. The standard InChI is InChI=1S/C13H8ClNO4/c14-12-7-2-1-6-11(12)13(16)19-10-5-3-4-9(8-10)15(17)18/h1-8H. The summed E-state index contributed by atoms with van der Waals surface area (Å²) in [5.74, 6) is -0.565. The van der Waals surface area contributed by atoms with Gasteiger partial charge in [-0.2, -0.15) is 0 Å². The number of carbonyl (C=O) groups excluding carboxylic acids is 1. The van der Waals surface area contributed by atoms with Crippen LogP contribution in [0.25, 0.3) is 0 Å². The van der Waals surface area contributed by atoms with Crippen LogP contribution in [0.2, 0.25) is 5.02 Å². The van der Waals surface area contributed by atoms with Crippen molar-refractivity contribution < 1.29 is 14.5 Å². The van der Waals surface area contributed by atoms with Crippen molar-refractivity contribution in [3.63, 3.8) is 0 Å². The smallest absolute Gasteiger partial charge is 0.345 e. The molecule has 0 aliphatic carbocycles. The van der Waals surface area contributed by atoms with Gasteiger partial charge in [0.25, 0.3) is 5.69 Å². The van der Waals surface area contributed by atoms with Crippen molar-refractivity contribution in [2.24, 2.45) is 0 Å². The Bertz CT molecular complexity index is 642. The quantitative estimate of drug-likeness (QED) is 0.373. The molecule has 0 bridgehead atoms. The molecule has 0 aromatic heterocycles. The summed E-state index contributed by atoms with van der Waals surface area (Å²) in [6.07, 6.45) is 0. The first-order valence-electron chi connectivity index (χ1n) is 5.29. The van der Waals surface area contributed by atoms with Crippen LogP contribution in [0.3, 0.4) is 0 Å². The van der Waals surface area contributed by atoms with E-state index < -0.39 is 10.9 Å². The molecule has 0 atom stereocenters. The first-order valence-corrected chi connectivity index (χ1v) is 5.67. The van der Waals surface area contributed by atoms with Gasteiger partial charge >= 0.3 is 5.97 Å². The third-order valence-corrected chi connectivity index (χ3v) is 2.66. The van der Waals surface area contributed by atoms with Crippen LogP contribution in [0.15, 0.2) is 48.5 Å². The Morgan fingerprint density at radius 1 is 1.16 bits per heavy atom. The number of non-ortho nitro benzene ring substituents is 1. The van der Waals surface area contributed by atoms with Gasteiger partial charge in [0, 0.05) is 6.07 Å². The maximum absolute atomic E-state index is 11.8. The molecule has 0 aliphatic rings. The fraction of sp³-hybridized carbons (Fsp3) is 0. The monoisotopic (exact) mass is 277 g/mol. The number of nitro benzene ring substituents is 1. The highest BCUT2D eigenvalue weighted by Crippen LogP contribution is 2.22. The van der Waals surface area contributed by atoms with Gasteiger partial charge in [0.1, 0.15) is 5.75 Å². The summed E-state index contributed by atoms with van der Waals surface area (Å²) >= 11 is 5.86. The Kier molecular flexibility index (Phi) is 3.77. The molecular weight excluding hydrogens is 270 g/mol. The molecule has 19 heavy (non-hydrogen) atoms. The molecule has 0 heterocycles. The van der Waals surface area contributed by atoms with Crippen LogP contribution in [-0.2, 0) is 0 Å². The topological polar surface area (TPSA) is 69.4 Å². The second-order valence-electron chi connectivity index (χ2n) is 3.62. The zero-order valence-corrected chi connectivity index (χ0v) is 10.3. The van der Waals surface area contributed by atoms with E-state index in [0.717, 1.165) is 0 Å². The average molecular weight is 278 g/mol. The first kappa shape index (κ1) is 13.0. The Labute approximate surface area is 113 Å². The molecule has 0 saturated carbocycles. The van der Waals surface area contributed by atoms with Crippen LogP contribution in [0.5, 0.6) is 5.75 Å². The van der Waals surface area contributed by atoms with E-state index in [2.05, 4.69) is 0 Å². The van der Waals surface area contributed by atoms with Gasteiger partial charge < -0.3 is 4.74 Å². The second-order valence-corrected chi connectivity index (χ2v) is 4.03. The van der Waals surface area contributed by atoms with Crippen molar-refractivity contribution in [1.82, 2.24) is 0 Å². The normalized spacial score (nSPS) is 9.95. The van der Waals surface area contributed by atoms with Crippen molar-refractivity contribution in [3.05, 3.63) is 69.2 Å². The molecule has 0 aliphatic heterocycles. The van der Waals surface area contributed by atoms with E-state index in [1.807, 2.05) is 0 Å². The van der Waals surface area contributed by atoms with Crippen LogP contribution in [-0.4, -0.2) is 10.9 Å². The first-order chi connectivity index (χ1) is 9.08. The lowest BCUT2D eigenvalue weighted by Crippen LogP contribution is -2.09. The summed E-state index contributed by atoms with van der Waals surface area (Å²) in [5, 5.41) is 10.9. The van der Waals surface area contributed by atoms with Crippen molar-refractivity contribution in [3.8, 4) is 5.75 Å². The lowest BCUT2D eigenvalue weighted by molar-refractivity contribution is -0.384. The molecule has 0 fully saturated rings. The molecule has 2 aromatic carbocycles. The highest BCUT2D eigenvalue weighted by Gasteiger charge is 2.14. The zero-order chi connectivity index (χ0) is 13.8. The summed E-state index contributed by atoms with van der Waals surface area (Å²) in [4.78, 5) is 21.9. The Morgan fingerprint density at radius 3 is 2.58 bits per heavy atom. The highest BCUT2D eigenvalue weighted by molar-refractivity contribution is 6.33. The van der Waals surface area contributed by atoms with Gasteiger partial charge in [-0.15, -0.1) is 0 Å². The number of hydrogen-bond acceptors (Lipinski definition) is 4. The number of nitro groups is 1. The third kappa shape index (κ3) is 3.08. The van der Waals surface area contributed by atoms with E-state index in [1.165, 1.54) is 30.3 Å². The van der Waals surface area contributed by atoms with Gasteiger partial charge in [0.05, 0.1) is 21.6 Å². The van der Waals surface area contributed by atoms with Gasteiger partial charge in [-0.3, -0.25) is 10.1 Å². The van der Waals surface area contributed by atoms with E-state index in [1.54, 1.807) is 18.2 Å². The van der Waals surface area contributed by atoms with Crippen LogP contribution in [0.1, 0.15) is 10.4 Å². The van der Waals surface area contributed by atoms with Crippen molar-refractivity contribution >= 4 is 23.3 Å². The number of rotatable bonds is 3. The number of nitrogens with zero attached hydrogens (tertiary/aromatic N) is 1. The van der Waals surface area contributed by atoms with Crippen molar-refractivity contribution in [1.29, 1.82) is 0 Å². The fourth-order valence-corrected chi connectivity index (χ4v) is 1.66. The van der Waals surface area contributed by atoms with E-state index >= 15 is 0 Å². The summed E-state index contributed by atoms with van der Waals surface area (Å²) in [6.45, 7) is 0. The predicted molar refractivity (Wildman–Crippen MR) is 69.5 cm³/mol. The average Bonchev–Trinajstić information content (AvgIpc) is 2.39. The van der Waals surface area contributed by atoms with Crippen LogP contribution in [0, 0.1) is 10.1 Å². The fourth-order valence-electron chi connectivity index (χ4n) is 1.45. The Morgan fingerprint density at radius 2 is 1.89 bits per heavy atom. The number of benzene rings is 2.